The second-order valence-electron chi connectivity index (χ2n) is 3.35. The lowest BCUT2D eigenvalue weighted by Crippen LogP contribution is -2.31. The van der Waals surface area contributed by atoms with E-state index in [0.717, 1.165) is 18.5 Å². The Kier molecular flexibility index (Phi) is 1.72. The number of aryl methyl sites for hydroxylation is 2. The van der Waals surface area contributed by atoms with E-state index in [1.165, 1.54) is 16.1 Å². The zero-order valence-electron chi connectivity index (χ0n) is 7.59. The first-order valence-corrected chi connectivity index (χ1v) is 4.42. The molecule has 0 radical (unpaired) electrons. The van der Waals surface area contributed by atoms with Crippen LogP contribution in [0.15, 0.2) is 6.07 Å². The molecule has 62 valence electrons. The predicted octanol–water partition coefficient (Wildman–Crippen LogP) is 1.05. The van der Waals surface area contributed by atoms with Gasteiger partial charge in [-0.05, 0) is 43.5 Å². The molecule has 0 aliphatic heterocycles. The Morgan fingerprint density at radius 1 is 1.17 bits per heavy atom. The predicted molar refractivity (Wildman–Crippen MR) is 51.1 cm³/mol. The van der Waals surface area contributed by atoms with Gasteiger partial charge in [0, 0.05) is 5.69 Å². The van der Waals surface area contributed by atoms with Gasteiger partial charge in [0.2, 0.25) is 0 Å². The van der Waals surface area contributed by atoms with Gasteiger partial charge in [0.25, 0.3) is 0 Å². The molecule has 0 atom stereocenters. The molecule has 12 heavy (non-hydrogen) atoms. The maximum Gasteiger partial charge on any atom is 0.0662 e. The standard InChI is InChI=1S/C11H13N/c1-8-7-10-5-3-4-6-11(10)12-9(8)2/h5-7H,3-4H2,1-2H3. The minimum Gasteiger partial charge on any atom is -0.253 e. The molecular weight excluding hydrogens is 146 g/mol. The van der Waals surface area contributed by atoms with Gasteiger partial charge in [0.05, 0.1) is 5.35 Å². The number of nitrogens with zero attached hydrogens (tertiary/aromatic N) is 1. The smallest absolute Gasteiger partial charge is 0.0662 e. The van der Waals surface area contributed by atoms with Crippen molar-refractivity contribution < 1.29 is 0 Å². The van der Waals surface area contributed by atoms with Crippen LogP contribution in [0.5, 0.6) is 0 Å². The van der Waals surface area contributed by atoms with Crippen molar-refractivity contribution in [1.29, 1.82) is 0 Å². The molecule has 1 aliphatic carbocycles. The molecule has 1 heterocycles. The van der Waals surface area contributed by atoms with E-state index in [9.17, 15) is 0 Å². The fourth-order valence-electron chi connectivity index (χ4n) is 1.53. The molecule has 0 spiro atoms. The Labute approximate surface area is 72.5 Å². The minimum absolute atomic E-state index is 1.14. The summed E-state index contributed by atoms with van der Waals surface area (Å²) in [6.45, 7) is 4.18. The summed E-state index contributed by atoms with van der Waals surface area (Å²) in [5, 5.41) is 2.48. The van der Waals surface area contributed by atoms with Crippen LogP contribution in [0.1, 0.15) is 24.1 Å². The molecule has 1 nitrogen and oxygen atoms in total. The van der Waals surface area contributed by atoms with Crippen molar-refractivity contribution in [1.82, 2.24) is 4.98 Å². The number of pyridine rings is 1. The molecule has 0 saturated heterocycles. The van der Waals surface area contributed by atoms with Crippen LogP contribution in [-0.2, 0) is 0 Å². The van der Waals surface area contributed by atoms with Gasteiger partial charge in [-0.2, -0.15) is 0 Å². The number of aromatic nitrogens is 1. The monoisotopic (exact) mass is 159 g/mol. The van der Waals surface area contributed by atoms with E-state index < -0.39 is 0 Å². The molecule has 0 aromatic carbocycles. The molecule has 0 unspecified atom stereocenters. The van der Waals surface area contributed by atoms with E-state index in [1.807, 2.05) is 0 Å². The topological polar surface area (TPSA) is 12.9 Å². The SMILES string of the molecule is Cc1cc2c(nc1C)=CCCC=2. The van der Waals surface area contributed by atoms with Crippen molar-refractivity contribution in [3.8, 4) is 0 Å². The molecule has 0 bridgehead atoms. The number of rotatable bonds is 0. The van der Waals surface area contributed by atoms with Crippen LogP contribution >= 0.6 is 0 Å². The van der Waals surface area contributed by atoms with Gasteiger partial charge in [0.1, 0.15) is 0 Å². The van der Waals surface area contributed by atoms with E-state index in [0.29, 0.717) is 0 Å². The molecule has 1 aromatic heterocycles. The van der Waals surface area contributed by atoms with E-state index in [2.05, 4.69) is 37.0 Å². The van der Waals surface area contributed by atoms with E-state index in [1.54, 1.807) is 0 Å². The van der Waals surface area contributed by atoms with Gasteiger partial charge in [-0.1, -0.05) is 12.2 Å². The van der Waals surface area contributed by atoms with Gasteiger partial charge in [-0.15, -0.1) is 0 Å². The van der Waals surface area contributed by atoms with Crippen LogP contribution in [0.3, 0.4) is 0 Å². The molecule has 0 fully saturated rings. The van der Waals surface area contributed by atoms with E-state index in [-0.39, 0.29) is 0 Å². The number of hydrogen-bond acceptors (Lipinski definition) is 1. The summed E-state index contributed by atoms with van der Waals surface area (Å²) in [4.78, 5) is 4.53. The van der Waals surface area contributed by atoms with Crippen molar-refractivity contribution in [2.45, 2.75) is 26.7 Å². The normalized spacial score (nSPS) is 14.5. The highest BCUT2D eigenvalue weighted by molar-refractivity contribution is 5.37. The highest BCUT2D eigenvalue weighted by atomic mass is 14.7. The Hall–Kier alpha value is -1.11. The molecule has 0 amide bonds. The quantitative estimate of drug-likeness (QED) is 0.551. The first-order valence-electron chi connectivity index (χ1n) is 4.42. The van der Waals surface area contributed by atoms with Crippen LogP contribution in [0.25, 0.3) is 12.2 Å². The van der Waals surface area contributed by atoms with Crippen LogP contribution in [0.2, 0.25) is 0 Å². The molecule has 0 N–H and O–H groups in total. The third-order valence-electron chi connectivity index (χ3n) is 2.40. The summed E-state index contributed by atoms with van der Waals surface area (Å²) in [7, 11) is 0. The zero-order chi connectivity index (χ0) is 8.55. The molecule has 1 heteroatoms. The molecule has 1 aromatic rings. The Morgan fingerprint density at radius 2 is 1.92 bits per heavy atom. The van der Waals surface area contributed by atoms with Gasteiger partial charge in [-0.25, -0.2) is 0 Å². The summed E-state index contributed by atoms with van der Waals surface area (Å²) in [6, 6.07) is 2.23. The lowest BCUT2D eigenvalue weighted by Gasteiger charge is -2.02. The lowest BCUT2D eigenvalue weighted by atomic mass is 10.1. The maximum atomic E-state index is 4.53. The first-order chi connectivity index (χ1) is 5.77. The summed E-state index contributed by atoms with van der Waals surface area (Å²) in [5.41, 5.74) is 2.45. The molecule has 0 saturated carbocycles. The van der Waals surface area contributed by atoms with E-state index >= 15 is 0 Å². The second-order valence-corrected chi connectivity index (χ2v) is 3.35. The summed E-state index contributed by atoms with van der Waals surface area (Å²) < 4.78 is 0. The van der Waals surface area contributed by atoms with Gasteiger partial charge >= 0.3 is 0 Å². The van der Waals surface area contributed by atoms with Gasteiger partial charge in [0.15, 0.2) is 0 Å². The molecular formula is C11H13N. The highest BCUT2D eigenvalue weighted by Crippen LogP contribution is 1.98. The van der Waals surface area contributed by atoms with Crippen molar-refractivity contribution in [2.75, 3.05) is 0 Å². The summed E-state index contributed by atoms with van der Waals surface area (Å²) in [6.07, 6.45) is 6.80. The average molecular weight is 159 g/mol. The summed E-state index contributed by atoms with van der Waals surface area (Å²) in [5.74, 6) is 0. The Balaban J connectivity index is 2.82. The first kappa shape index (κ1) is 7.53. The molecule has 1 aliphatic rings. The van der Waals surface area contributed by atoms with Crippen LogP contribution in [-0.4, -0.2) is 4.98 Å². The van der Waals surface area contributed by atoms with Gasteiger partial charge < -0.3 is 0 Å². The zero-order valence-corrected chi connectivity index (χ0v) is 7.59. The Morgan fingerprint density at radius 3 is 2.75 bits per heavy atom. The summed E-state index contributed by atoms with van der Waals surface area (Å²) >= 11 is 0. The average Bonchev–Trinajstić information content (AvgIpc) is 2.07. The third-order valence-corrected chi connectivity index (χ3v) is 2.40. The molecule has 2 rings (SSSR count). The lowest BCUT2D eigenvalue weighted by molar-refractivity contribution is 1.03. The minimum atomic E-state index is 1.14. The highest BCUT2D eigenvalue weighted by Gasteiger charge is 1.97. The number of fused-ring (bicyclic) bond motifs is 1. The van der Waals surface area contributed by atoms with Crippen LogP contribution < -0.4 is 10.6 Å². The maximum absolute atomic E-state index is 4.53. The van der Waals surface area contributed by atoms with Crippen LogP contribution in [0.4, 0.5) is 0 Å². The van der Waals surface area contributed by atoms with Crippen molar-refractivity contribution in [2.24, 2.45) is 0 Å². The van der Waals surface area contributed by atoms with E-state index in [4.69, 9.17) is 0 Å². The van der Waals surface area contributed by atoms with Crippen molar-refractivity contribution >= 4 is 12.2 Å². The fraction of sp³-hybridized carbons (Fsp3) is 0.364. The van der Waals surface area contributed by atoms with Crippen molar-refractivity contribution in [3.63, 3.8) is 0 Å². The fourth-order valence-corrected chi connectivity index (χ4v) is 1.53. The van der Waals surface area contributed by atoms with Crippen molar-refractivity contribution in [3.05, 3.63) is 27.9 Å². The Bertz CT molecular complexity index is 374. The second kappa shape index (κ2) is 2.74. The van der Waals surface area contributed by atoms with Crippen LogP contribution in [0, 0.1) is 13.8 Å². The van der Waals surface area contributed by atoms with Gasteiger partial charge in [-0.3, -0.25) is 4.98 Å². The third kappa shape index (κ3) is 1.15. The largest absolute Gasteiger partial charge is 0.253 e. The number of hydrogen-bond donors (Lipinski definition) is 0.